The van der Waals surface area contributed by atoms with Crippen LogP contribution in [0.1, 0.15) is 53.5 Å². The summed E-state index contributed by atoms with van der Waals surface area (Å²) in [6, 6.07) is 7.65. The van der Waals surface area contributed by atoms with E-state index in [0.29, 0.717) is 18.8 Å². The van der Waals surface area contributed by atoms with Crippen molar-refractivity contribution in [1.29, 1.82) is 0 Å². The van der Waals surface area contributed by atoms with Crippen LogP contribution in [0.5, 0.6) is 0 Å². The van der Waals surface area contributed by atoms with Crippen molar-refractivity contribution in [3.05, 3.63) is 65.8 Å². The minimum absolute atomic E-state index is 0.0882. The molecule has 1 aliphatic rings. The fraction of sp³-hybridized carbons (Fsp3) is 0.400. The summed E-state index contributed by atoms with van der Waals surface area (Å²) in [6.45, 7) is 4.05. The second kappa shape index (κ2) is 7.73. The quantitative estimate of drug-likeness (QED) is 0.695. The fourth-order valence-electron chi connectivity index (χ4n) is 3.59. The number of hydrogen-bond donors (Lipinski definition) is 0. The van der Waals surface area contributed by atoms with E-state index in [1.165, 1.54) is 0 Å². The van der Waals surface area contributed by atoms with E-state index in [2.05, 4.69) is 19.7 Å². The Morgan fingerprint density at radius 1 is 1.26 bits per heavy atom. The molecule has 3 aromatic rings. The number of nitrogens with zero attached hydrogens (tertiary/aromatic N) is 5. The first-order chi connectivity index (χ1) is 13.2. The van der Waals surface area contributed by atoms with Crippen LogP contribution in [0.3, 0.4) is 0 Å². The zero-order chi connectivity index (χ0) is 18.6. The SMILES string of the molecule is CCc1cc(C(=O)N2CCC[C@@H](c3nccn3Cc3ccccn3)C2)on1. The minimum Gasteiger partial charge on any atom is -0.351 e. The predicted octanol–water partition coefficient (Wildman–Crippen LogP) is 2.90. The minimum atomic E-state index is -0.0882. The third kappa shape index (κ3) is 3.77. The zero-order valence-corrected chi connectivity index (χ0v) is 15.4. The Morgan fingerprint density at radius 3 is 2.96 bits per heavy atom. The smallest absolute Gasteiger partial charge is 0.292 e. The van der Waals surface area contributed by atoms with Crippen molar-refractivity contribution in [2.45, 2.75) is 38.6 Å². The molecule has 7 heteroatoms. The molecule has 1 amide bonds. The van der Waals surface area contributed by atoms with Gasteiger partial charge in [0.1, 0.15) is 5.82 Å². The van der Waals surface area contributed by atoms with Crippen LogP contribution in [0.4, 0.5) is 0 Å². The van der Waals surface area contributed by atoms with Crippen molar-refractivity contribution in [3.63, 3.8) is 0 Å². The molecule has 27 heavy (non-hydrogen) atoms. The predicted molar refractivity (Wildman–Crippen MR) is 99.3 cm³/mol. The summed E-state index contributed by atoms with van der Waals surface area (Å²) in [6.07, 6.45) is 8.32. The van der Waals surface area contributed by atoms with Crippen LogP contribution in [0, 0.1) is 0 Å². The molecule has 0 aliphatic carbocycles. The first-order valence-corrected chi connectivity index (χ1v) is 9.40. The summed E-state index contributed by atoms with van der Waals surface area (Å²) in [5.41, 5.74) is 1.80. The molecule has 1 fully saturated rings. The van der Waals surface area contributed by atoms with Crippen LogP contribution in [0.25, 0.3) is 0 Å². The fourth-order valence-corrected chi connectivity index (χ4v) is 3.59. The van der Waals surface area contributed by atoms with Crippen LogP contribution in [0.15, 0.2) is 47.4 Å². The van der Waals surface area contributed by atoms with Crippen LogP contribution in [-0.4, -0.2) is 43.6 Å². The Hall–Kier alpha value is -2.96. The van der Waals surface area contributed by atoms with Gasteiger partial charge in [0.05, 0.1) is 17.9 Å². The normalized spacial score (nSPS) is 17.2. The molecule has 0 bridgehead atoms. The van der Waals surface area contributed by atoms with Crippen molar-refractivity contribution in [3.8, 4) is 0 Å². The number of aryl methyl sites for hydroxylation is 1. The molecule has 140 valence electrons. The Bertz CT molecular complexity index is 902. The van der Waals surface area contributed by atoms with Gasteiger partial charge < -0.3 is 14.0 Å². The second-order valence-electron chi connectivity index (χ2n) is 6.86. The topological polar surface area (TPSA) is 77.0 Å². The molecular formula is C20H23N5O2. The van der Waals surface area contributed by atoms with Gasteiger partial charge in [-0.3, -0.25) is 9.78 Å². The van der Waals surface area contributed by atoms with Crippen LogP contribution in [0.2, 0.25) is 0 Å². The van der Waals surface area contributed by atoms with Gasteiger partial charge in [-0.1, -0.05) is 18.1 Å². The van der Waals surface area contributed by atoms with Crippen molar-refractivity contribution < 1.29 is 9.32 Å². The molecule has 1 atom stereocenters. The third-order valence-electron chi connectivity index (χ3n) is 5.01. The number of carbonyl (C=O) groups is 1. The number of pyridine rings is 1. The van der Waals surface area contributed by atoms with Gasteiger partial charge in [-0.25, -0.2) is 4.98 Å². The van der Waals surface area contributed by atoms with E-state index >= 15 is 0 Å². The number of rotatable bonds is 5. The molecule has 0 unspecified atom stereocenters. The summed E-state index contributed by atoms with van der Waals surface area (Å²) < 4.78 is 7.36. The van der Waals surface area contributed by atoms with Gasteiger partial charge in [0.15, 0.2) is 0 Å². The summed E-state index contributed by atoms with van der Waals surface area (Å²) in [7, 11) is 0. The van der Waals surface area contributed by atoms with Gasteiger partial charge in [0.25, 0.3) is 5.91 Å². The van der Waals surface area contributed by atoms with Gasteiger partial charge in [-0.05, 0) is 31.4 Å². The van der Waals surface area contributed by atoms with E-state index in [1.54, 1.807) is 12.3 Å². The Kier molecular flexibility index (Phi) is 5.00. The van der Waals surface area contributed by atoms with Crippen molar-refractivity contribution >= 4 is 5.91 Å². The second-order valence-corrected chi connectivity index (χ2v) is 6.86. The number of carbonyl (C=O) groups excluding carboxylic acids is 1. The average molecular weight is 365 g/mol. The van der Waals surface area contributed by atoms with E-state index in [1.807, 2.05) is 42.4 Å². The molecule has 0 radical (unpaired) electrons. The largest absolute Gasteiger partial charge is 0.351 e. The molecule has 1 saturated heterocycles. The lowest BCUT2D eigenvalue weighted by Gasteiger charge is -2.32. The van der Waals surface area contributed by atoms with Gasteiger partial charge in [0, 0.05) is 43.7 Å². The van der Waals surface area contributed by atoms with Gasteiger partial charge >= 0.3 is 0 Å². The van der Waals surface area contributed by atoms with Gasteiger partial charge in [-0.15, -0.1) is 0 Å². The molecule has 0 N–H and O–H groups in total. The Morgan fingerprint density at radius 2 is 2.19 bits per heavy atom. The molecule has 1 aliphatic heterocycles. The summed E-state index contributed by atoms with van der Waals surface area (Å²) in [5, 5.41) is 3.93. The van der Waals surface area contributed by atoms with Crippen LogP contribution < -0.4 is 0 Å². The highest BCUT2D eigenvalue weighted by molar-refractivity contribution is 5.91. The summed E-state index contributed by atoms with van der Waals surface area (Å²) in [4.78, 5) is 23.6. The number of piperidine rings is 1. The number of amides is 1. The highest BCUT2D eigenvalue weighted by Crippen LogP contribution is 2.27. The van der Waals surface area contributed by atoms with E-state index in [0.717, 1.165) is 43.0 Å². The first-order valence-electron chi connectivity index (χ1n) is 9.40. The number of likely N-dealkylation sites (tertiary alicyclic amines) is 1. The highest BCUT2D eigenvalue weighted by atomic mass is 16.5. The standard InChI is InChI=1S/C20H23N5O2/c1-2-16-12-18(27-23-16)20(26)25-10-5-6-15(13-25)19-22-9-11-24(19)14-17-7-3-4-8-21-17/h3-4,7-9,11-12,15H,2,5-6,10,13-14H2,1H3/t15-/m1/s1. The third-order valence-corrected chi connectivity index (χ3v) is 5.01. The molecule has 3 aromatic heterocycles. The molecule has 0 saturated carbocycles. The Balaban J connectivity index is 1.49. The molecule has 0 spiro atoms. The number of aromatic nitrogens is 4. The molecule has 4 rings (SSSR count). The first kappa shape index (κ1) is 17.5. The summed E-state index contributed by atoms with van der Waals surface area (Å²) >= 11 is 0. The molecular weight excluding hydrogens is 342 g/mol. The van der Waals surface area contributed by atoms with Crippen LogP contribution >= 0.6 is 0 Å². The lowest BCUT2D eigenvalue weighted by molar-refractivity contribution is 0.0661. The van der Waals surface area contributed by atoms with Crippen molar-refractivity contribution in [2.75, 3.05) is 13.1 Å². The van der Waals surface area contributed by atoms with Crippen LogP contribution in [-0.2, 0) is 13.0 Å². The Labute approximate surface area is 158 Å². The molecule has 7 nitrogen and oxygen atoms in total. The maximum absolute atomic E-state index is 12.8. The lowest BCUT2D eigenvalue weighted by Crippen LogP contribution is -2.39. The number of imidazole rings is 1. The maximum Gasteiger partial charge on any atom is 0.292 e. The number of hydrogen-bond acceptors (Lipinski definition) is 5. The van der Waals surface area contributed by atoms with Crippen molar-refractivity contribution in [1.82, 2.24) is 24.6 Å². The monoisotopic (exact) mass is 365 g/mol. The molecule has 4 heterocycles. The zero-order valence-electron chi connectivity index (χ0n) is 15.4. The highest BCUT2D eigenvalue weighted by Gasteiger charge is 2.29. The van der Waals surface area contributed by atoms with Gasteiger partial charge in [0.2, 0.25) is 5.76 Å². The lowest BCUT2D eigenvalue weighted by atomic mass is 9.96. The summed E-state index contributed by atoms with van der Waals surface area (Å²) in [5.74, 6) is 1.44. The van der Waals surface area contributed by atoms with E-state index in [9.17, 15) is 4.79 Å². The average Bonchev–Trinajstić information content (AvgIpc) is 3.38. The van der Waals surface area contributed by atoms with E-state index < -0.39 is 0 Å². The van der Waals surface area contributed by atoms with Crippen molar-refractivity contribution in [2.24, 2.45) is 0 Å². The van der Waals surface area contributed by atoms with E-state index in [-0.39, 0.29) is 11.8 Å². The maximum atomic E-state index is 12.8. The van der Waals surface area contributed by atoms with Gasteiger partial charge in [-0.2, -0.15) is 0 Å². The van der Waals surface area contributed by atoms with E-state index in [4.69, 9.17) is 4.52 Å². The molecule has 0 aromatic carbocycles.